The van der Waals surface area contributed by atoms with Gasteiger partial charge in [-0.2, -0.15) is 0 Å². The fourth-order valence-electron chi connectivity index (χ4n) is 2.75. The summed E-state index contributed by atoms with van der Waals surface area (Å²) in [6, 6.07) is 7.90. The Hall–Kier alpha value is -1.30. The number of hydrogen-bond donors (Lipinski definition) is 2. The molecule has 1 unspecified atom stereocenters. The minimum atomic E-state index is 0. The molecule has 3 N–H and O–H groups in total. The maximum atomic E-state index is 11.9. The van der Waals surface area contributed by atoms with Gasteiger partial charge >= 0.3 is 0 Å². The lowest BCUT2D eigenvalue weighted by Gasteiger charge is -2.22. The van der Waals surface area contributed by atoms with Gasteiger partial charge in [-0.1, -0.05) is 19.1 Å². The second kappa shape index (κ2) is 9.11. The predicted octanol–water partition coefficient (Wildman–Crippen LogP) is 1.58. The fourth-order valence-corrected chi connectivity index (χ4v) is 2.75. The van der Waals surface area contributed by atoms with Crippen molar-refractivity contribution in [3.8, 4) is 5.75 Å². The highest BCUT2D eigenvalue weighted by atomic mass is 35.5. The van der Waals surface area contributed by atoms with Crippen molar-refractivity contribution in [1.29, 1.82) is 0 Å². The number of likely N-dealkylation sites (tertiary alicyclic amines) is 1. The number of amides is 1. The van der Waals surface area contributed by atoms with Gasteiger partial charge in [0.1, 0.15) is 12.4 Å². The topological polar surface area (TPSA) is 67.6 Å². The standard InChI is InChI=1S/C17H27N3O2.ClH/c1-14-4-3-5-15(10-14)22-9-7-19-16(21)11-20-8-6-17(2,12-18)13-20;/h3-5,10H,6-9,11-13,18H2,1-2H3,(H,19,21);1H. The largest absolute Gasteiger partial charge is 0.492 e. The Balaban J connectivity index is 0.00000264. The predicted molar refractivity (Wildman–Crippen MR) is 95.2 cm³/mol. The van der Waals surface area contributed by atoms with Crippen LogP contribution < -0.4 is 15.8 Å². The molecule has 0 radical (unpaired) electrons. The summed E-state index contributed by atoms with van der Waals surface area (Å²) in [5.74, 6) is 0.890. The van der Waals surface area contributed by atoms with E-state index in [1.54, 1.807) is 0 Å². The molecular weight excluding hydrogens is 314 g/mol. The molecular formula is C17H28ClN3O2. The number of rotatable bonds is 7. The van der Waals surface area contributed by atoms with Gasteiger partial charge < -0.3 is 15.8 Å². The monoisotopic (exact) mass is 341 g/mol. The molecule has 23 heavy (non-hydrogen) atoms. The number of carbonyl (C=O) groups excluding carboxylic acids is 1. The van der Waals surface area contributed by atoms with E-state index in [1.807, 2.05) is 31.2 Å². The van der Waals surface area contributed by atoms with Gasteiger partial charge in [0.05, 0.1) is 13.1 Å². The molecule has 2 rings (SSSR count). The van der Waals surface area contributed by atoms with Crippen LogP contribution in [-0.2, 0) is 4.79 Å². The molecule has 1 fully saturated rings. The zero-order chi connectivity index (χ0) is 16.0. The SMILES string of the molecule is Cc1cccc(OCCNC(=O)CN2CCC(C)(CN)C2)c1.Cl. The fraction of sp³-hybridized carbons (Fsp3) is 0.588. The molecule has 0 aromatic heterocycles. The molecule has 6 heteroatoms. The number of nitrogens with two attached hydrogens (primary N) is 1. The van der Waals surface area contributed by atoms with E-state index in [0.717, 1.165) is 25.3 Å². The minimum Gasteiger partial charge on any atom is -0.492 e. The number of aryl methyl sites for hydroxylation is 1. The van der Waals surface area contributed by atoms with Crippen molar-refractivity contribution in [2.75, 3.05) is 39.3 Å². The molecule has 1 heterocycles. The average Bonchev–Trinajstić information content (AvgIpc) is 2.86. The van der Waals surface area contributed by atoms with Gasteiger partial charge in [-0.15, -0.1) is 12.4 Å². The van der Waals surface area contributed by atoms with Gasteiger partial charge in [-0.25, -0.2) is 0 Å². The second-order valence-corrected chi connectivity index (χ2v) is 6.49. The van der Waals surface area contributed by atoms with Crippen molar-refractivity contribution in [3.05, 3.63) is 29.8 Å². The normalized spacial score (nSPS) is 20.8. The zero-order valence-corrected chi connectivity index (χ0v) is 14.8. The van der Waals surface area contributed by atoms with Crippen molar-refractivity contribution >= 4 is 18.3 Å². The van der Waals surface area contributed by atoms with Gasteiger partial charge in [-0.3, -0.25) is 9.69 Å². The summed E-state index contributed by atoms with van der Waals surface area (Å²) in [4.78, 5) is 14.1. The number of nitrogens with one attached hydrogen (secondary N) is 1. The molecule has 1 aromatic carbocycles. The quantitative estimate of drug-likeness (QED) is 0.739. The Kier molecular flexibility index (Phi) is 7.82. The van der Waals surface area contributed by atoms with Gasteiger partial charge in [0.15, 0.2) is 0 Å². The summed E-state index contributed by atoms with van der Waals surface area (Å²) < 4.78 is 5.61. The van der Waals surface area contributed by atoms with E-state index in [2.05, 4.69) is 17.1 Å². The zero-order valence-electron chi connectivity index (χ0n) is 14.0. The molecule has 5 nitrogen and oxygen atoms in total. The maximum absolute atomic E-state index is 11.9. The summed E-state index contributed by atoms with van der Waals surface area (Å²) in [7, 11) is 0. The molecule has 1 amide bonds. The Bertz CT molecular complexity index is 512. The number of carbonyl (C=O) groups is 1. The molecule has 1 aliphatic rings. The van der Waals surface area contributed by atoms with Crippen molar-refractivity contribution < 1.29 is 9.53 Å². The first kappa shape index (κ1) is 19.7. The second-order valence-electron chi connectivity index (χ2n) is 6.49. The molecule has 1 atom stereocenters. The van der Waals surface area contributed by atoms with Crippen LogP contribution in [0, 0.1) is 12.3 Å². The van der Waals surface area contributed by atoms with Gasteiger partial charge in [0.25, 0.3) is 0 Å². The van der Waals surface area contributed by atoms with E-state index in [1.165, 1.54) is 5.56 Å². The molecule has 1 aromatic rings. The third-order valence-electron chi connectivity index (χ3n) is 4.18. The molecule has 130 valence electrons. The minimum absolute atomic E-state index is 0. The van der Waals surface area contributed by atoms with Crippen molar-refractivity contribution in [1.82, 2.24) is 10.2 Å². The van der Waals surface area contributed by atoms with Gasteiger partial charge in [0.2, 0.25) is 5.91 Å². The van der Waals surface area contributed by atoms with E-state index in [0.29, 0.717) is 26.2 Å². The summed E-state index contributed by atoms with van der Waals surface area (Å²) in [6.45, 7) is 8.18. The van der Waals surface area contributed by atoms with Crippen molar-refractivity contribution in [3.63, 3.8) is 0 Å². The number of benzene rings is 1. The van der Waals surface area contributed by atoms with Crippen LogP contribution in [0.25, 0.3) is 0 Å². The number of ether oxygens (including phenoxy) is 1. The van der Waals surface area contributed by atoms with E-state index >= 15 is 0 Å². The third kappa shape index (κ3) is 6.37. The smallest absolute Gasteiger partial charge is 0.234 e. The van der Waals surface area contributed by atoms with Crippen LogP contribution in [0.4, 0.5) is 0 Å². The Morgan fingerprint density at radius 2 is 2.26 bits per heavy atom. The van der Waals surface area contributed by atoms with E-state index in [-0.39, 0.29) is 23.7 Å². The first-order chi connectivity index (χ1) is 10.5. The summed E-state index contributed by atoms with van der Waals surface area (Å²) in [6.07, 6.45) is 1.06. The van der Waals surface area contributed by atoms with Crippen LogP contribution in [0.1, 0.15) is 18.9 Å². The molecule has 1 saturated heterocycles. The summed E-state index contributed by atoms with van der Waals surface area (Å²) in [5.41, 5.74) is 7.11. The van der Waals surface area contributed by atoms with Crippen LogP contribution in [0.5, 0.6) is 5.75 Å². The number of hydrogen-bond acceptors (Lipinski definition) is 4. The van der Waals surface area contributed by atoms with Crippen LogP contribution in [0.3, 0.4) is 0 Å². The lowest BCUT2D eigenvalue weighted by atomic mass is 9.90. The van der Waals surface area contributed by atoms with Crippen molar-refractivity contribution in [2.24, 2.45) is 11.1 Å². The highest BCUT2D eigenvalue weighted by Gasteiger charge is 2.32. The highest BCUT2D eigenvalue weighted by Crippen LogP contribution is 2.27. The molecule has 0 saturated carbocycles. The molecule has 1 aliphatic heterocycles. The van der Waals surface area contributed by atoms with Crippen molar-refractivity contribution in [2.45, 2.75) is 20.3 Å². The third-order valence-corrected chi connectivity index (χ3v) is 4.18. The summed E-state index contributed by atoms with van der Waals surface area (Å²) in [5, 5.41) is 2.90. The Labute approximate surface area is 145 Å². The molecule has 0 bridgehead atoms. The molecule has 0 aliphatic carbocycles. The lowest BCUT2D eigenvalue weighted by molar-refractivity contribution is -0.122. The van der Waals surface area contributed by atoms with Crippen LogP contribution in [-0.4, -0.2) is 50.1 Å². The van der Waals surface area contributed by atoms with Crippen LogP contribution in [0.15, 0.2) is 24.3 Å². The van der Waals surface area contributed by atoms with Crippen LogP contribution in [0.2, 0.25) is 0 Å². The van der Waals surface area contributed by atoms with Gasteiger partial charge in [-0.05, 0) is 49.5 Å². The summed E-state index contributed by atoms with van der Waals surface area (Å²) >= 11 is 0. The number of nitrogens with zero attached hydrogens (tertiary/aromatic N) is 1. The molecule has 0 spiro atoms. The number of halogens is 1. The maximum Gasteiger partial charge on any atom is 0.234 e. The first-order valence-corrected chi connectivity index (χ1v) is 7.89. The van der Waals surface area contributed by atoms with E-state index < -0.39 is 0 Å². The van der Waals surface area contributed by atoms with Crippen LogP contribution >= 0.6 is 12.4 Å². The average molecular weight is 342 g/mol. The highest BCUT2D eigenvalue weighted by molar-refractivity contribution is 5.85. The van der Waals surface area contributed by atoms with E-state index in [9.17, 15) is 4.79 Å². The first-order valence-electron chi connectivity index (χ1n) is 7.89. The van der Waals surface area contributed by atoms with Gasteiger partial charge in [0, 0.05) is 6.54 Å². The van der Waals surface area contributed by atoms with E-state index in [4.69, 9.17) is 10.5 Å². The Morgan fingerprint density at radius 1 is 1.48 bits per heavy atom. The lowest BCUT2D eigenvalue weighted by Crippen LogP contribution is -2.39. The Morgan fingerprint density at radius 3 is 2.91 bits per heavy atom.